The lowest BCUT2D eigenvalue weighted by molar-refractivity contribution is 0.425. The van der Waals surface area contributed by atoms with Crippen molar-refractivity contribution in [3.05, 3.63) is 11.6 Å². The van der Waals surface area contributed by atoms with E-state index < -0.39 is 15.3 Å². The highest BCUT2D eigenvalue weighted by Crippen LogP contribution is 2.16. The second kappa shape index (κ2) is 4.11. The van der Waals surface area contributed by atoms with Crippen molar-refractivity contribution in [1.82, 2.24) is 4.31 Å². The Bertz CT molecular complexity index is 378. The lowest BCUT2D eigenvalue weighted by atomic mass is 10.2. The molecule has 0 N–H and O–H groups in total. The summed E-state index contributed by atoms with van der Waals surface area (Å²) < 4.78 is 24.9. The van der Waals surface area contributed by atoms with E-state index >= 15 is 0 Å². The van der Waals surface area contributed by atoms with E-state index in [2.05, 4.69) is 0 Å². The maximum Gasteiger partial charge on any atom is 0.230 e. The number of nitriles is 1. The van der Waals surface area contributed by atoms with Crippen LogP contribution < -0.4 is 0 Å². The van der Waals surface area contributed by atoms with E-state index in [0.29, 0.717) is 13.1 Å². The lowest BCUT2D eigenvalue weighted by Gasteiger charge is -2.26. The summed E-state index contributed by atoms with van der Waals surface area (Å²) in [6, 6.07) is 1.77. The van der Waals surface area contributed by atoms with Crippen LogP contribution in [-0.4, -0.2) is 31.1 Å². The summed E-state index contributed by atoms with van der Waals surface area (Å²) in [5, 5.41) is 7.65. The molecule has 0 saturated carbocycles. The molecular weight excluding hydrogens is 200 g/mol. The van der Waals surface area contributed by atoms with Crippen molar-refractivity contribution in [2.75, 3.05) is 13.1 Å². The first kappa shape index (κ1) is 11.2. The second-order valence-electron chi connectivity index (χ2n) is 3.49. The van der Waals surface area contributed by atoms with Gasteiger partial charge in [0.1, 0.15) is 0 Å². The molecule has 0 amide bonds. The highest BCUT2D eigenvalue weighted by Gasteiger charge is 2.29. The number of hydrogen-bond acceptors (Lipinski definition) is 3. The van der Waals surface area contributed by atoms with Crippen LogP contribution in [0.5, 0.6) is 0 Å². The Kier molecular flexibility index (Phi) is 3.29. The molecule has 0 aromatic carbocycles. The molecule has 1 rings (SSSR count). The lowest BCUT2D eigenvalue weighted by Crippen LogP contribution is -2.40. The smallest absolute Gasteiger partial charge is 0.211 e. The van der Waals surface area contributed by atoms with Crippen LogP contribution in [0.25, 0.3) is 0 Å². The van der Waals surface area contributed by atoms with Crippen LogP contribution >= 0.6 is 0 Å². The van der Waals surface area contributed by atoms with Gasteiger partial charge in [-0.25, -0.2) is 8.42 Å². The van der Waals surface area contributed by atoms with Crippen LogP contribution in [0.1, 0.15) is 20.3 Å². The molecule has 1 atom stereocenters. The molecule has 0 bridgehead atoms. The summed E-state index contributed by atoms with van der Waals surface area (Å²) in [5.41, 5.74) is 1.05. The van der Waals surface area contributed by atoms with Crippen molar-refractivity contribution in [2.45, 2.75) is 25.5 Å². The number of rotatable bonds is 2. The van der Waals surface area contributed by atoms with Crippen molar-refractivity contribution in [3.63, 3.8) is 0 Å². The molecule has 0 aromatic heterocycles. The molecule has 78 valence electrons. The van der Waals surface area contributed by atoms with Gasteiger partial charge in [-0.2, -0.15) is 9.57 Å². The van der Waals surface area contributed by atoms with E-state index in [1.165, 1.54) is 11.2 Å². The number of hydrogen-bond donors (Lipinski definition) is 0. The monoisotopic (exact) mass is 214 g/mol. The molecule has 1 heterocycles. The fourth-order valence-corrected chi connectivity index (χ4v) is 2.71. The van der Waals surface area contributed by atoms with Crippen molar-refractivity contribution in [3.8, 4) is 6.07 Å². The van der Waals surface area contributed by atoms with Crippen molar-refractivity contribution < 1.29 is 8.42 Å². The number of nitrogens with zero attached hydrogens (tertiary/aromatic N) is 2. The van der Waals surface area contributed by atoms with Gasteiger partial charge in [0.2, 0.25) is 10.0 Å². The first-order chi connectivity index (χ1) is 6.48. The standard InChI is InChI=1S/C9H14N2O2S/c1-8-4-3-5-11(7-8)14(12,13)9(2)6-10/h4,9H,3,5,7H2,1-2H3. The van der Waals surface area contributed by atoms with E-state index in [1.807, 2.05) is 13.0 Å². The molecule has 0 aliphatic carbocycles. The Balaban J connectivity index is 2.86. The van der Waals surface area contributed by atoms with Gasteiger partial charge in [-0.15, -0.1) is 0 Å². The molecule has 0 saturated heterocycles. The zero-order valence-corrected chi connectivity index (χ0v) is 9.21. The minimum Gasteiger partial charge on any atom is -0.211 e. The summed E-state index contributed by atoms with van der Waals surface area (Å²) in [4.78, 5) is 0. The van der Waals surface area contributed by atoms with Gasteiger partial charge in [0.15, 0.2) is 5.25 Å². The molecule has 1 aliphatic rings. The van der Waals surface area contributed by atoms with Gasteiger partial charge in [-0.1, -0.05) is 11.6 Å². The Hall–Kier alpha value is -0.860. The van der Waals surface area contributed by atoms with Gasteiger partial charge >= 0.3 is 0 Å². The van der Waals surface area contributed by atoms with E-state index in [4.69, 9.17) is 5.26 Å². The van der Waals surface area contributed by atoms with Crippen LogP contribution in [0, 0.1) is 11.3 Å². The van der Waals surface area contributed by atoms with Gasteiger partial charge in [0.25, 0.3) is 0 Å². The molecule has 5 heteroatoms. The van der Waals surface area contributed by atoms with Gasteiger partial charge in [0.05, 0.1) is 6.07 Å². The molecule has 0 fully saturated rings. The SMILES string of the molecule is CC1=CCCN(S(=O)(=O)C(C)C#N)C1. The molecule has 14 heavy (non-hydrogen) atoms. The number of sulfonamides is 1. The summed E-state index contributed by atoms with van der Waals surface area (Å²) in [6.07, 6.45) is 2.77. The van der Waals surface area contributed by atoms with Gasteiger partial charge in [-0.3, -0.25) is 0 Å². The zero-order chi connectivity index (χ0) is 10.8. The third-order valence-corrected chi connectivity index (χ3v) is 4.32. The predicted molar refractivity (Wildman–Crippen MR) is 53.9 cm³/mol. The quantitative estimate of drug-likeness (QED) is 0.641. The fraction of sp³-hybridized carbons (Fsp3) is 0.667. The molecule has 0 spiro atoms. The van der Waals surface area contributed by atoms with Crippen LogP contribution in [0.3, 0.4) is 0 Å². The Morgan fingerprint density at radius 3 is 2.79 bits per heavy atom. The van der Waals surface area contributed by atoms with E-state index in [1.54, 1.807) is 6.07 Å². The Labute approximate surface area is 84.9 Å². The maximum atomic E-state index is 11.7. The molecule has 1 unspecified atom stereocenters. The Morgan fingerprint density at radius 2 is 2.29 bits per heavy atom. The minimum absolute atomic E-state index is 0.425. The second-order valence-corrected chi connectivity index (χ2v) is 5.74. The van der Waals surface area contributed by atoms with Gasteiger partial charge < -0.3 is 0 Å². The molecular formula is C9H14N2O2S. The first-order valence-electron chi connectivity index (χ1n) is 4.52. The minimum atomic E-state index is -3.41. The first-order valence-corrected chi connectivity index (χ1v) is 6.03. The predicted octanol–water partition coefficient (Wildman–Crippen LogP) is 0.880. The van der Waals surface area contributed by atoms with Gasteiger partial charge in [-0.05, 0) is 20.3 Å². The van der Waals surface area contributed by atoms with E-state index in [0.717, 1.165) is 12.0 Å². The van der Waals surface area contributed by atoms with Crippen molar-refractivity contribution >= 4 is 10.0 Å². The van der Waals surface area contributed by atoms with Crippen molar-refractivity contribution in [1.29, 1.82) is 5.26 Å². The van der Waals surface area contributed by atoms with Gasteiger partial charge in [0, 0.05) is 13.1 Å². The van der Waals surface area contributed by atoms with E-state index in [9.17, 15) is 8.42 Å². The largest absolute Gasteiger partial charge is 0.230 e. The third kappa shape index (κ3) is 2.14. The molecule has 0 aromatic rings. The highest BCUT2D eigenvalue weighted by molar-refractivity contribution is 7.89. The molecule has 1 aliphatic heterocycles. The summed E-state index contributed by atoms with van der Waals surface area (Å²) in [5.74, 6) is 0. The van der Waals surface area contributed by atoms with Crippen LogP contribution in [0.15, 0.2) is 11.6 Å². The van der Waals surface area contributed by atoms with Crippen LogP contribution in [-0.2, 0) is 10.0 Å². The maximum absolute atomic E-state index is 11.7. The fourth-order valence-electron chi connectivity index (χ4n) is 1.38. The Morgan fingerprint density at radius 1 is 1.64 bits per heavy atom. The van der Waals surface area contributed by atoms with Crippen LogP contribution in [0.4, 0.5) is 0 Å². The van der Waals surface area contributed by atoms with E-state index in [-0.39, 0.29) is 0 Å². The molecule has 4 nitrogen and oxygen atoms in total. The normalized spacial score (nSPS) is 21.1. The average molecular weight is 214 g/mol. The highest BCUT2D eigenvalue weighted by atomic mass is 32.2. The topological polar surface area (TPSA) is 61.2 Å². The summed E-state index contributed by atoms with van der Waals surface area (Å²) in [7, 11) is -3.41. The average Bonchev–Trinajstić information content (AvgIpc) is 2.16. The zero-order valence-electron chi connectivity index (χ0n) is 8.40. The van der Waals surface area contributed by atoms with Crippen molar-refractivity contribution in [2.24, 2.45) is 0 Å². The summed E-state index contributed by atoms with van der Waals surface area (Å²) >= 11 is 0. The van der Waals surface area contributed by atoms with Crippen LogP contribution in [0.2, 0.25) is 0 Å². The third-order valence-electron chi connectivity index (χ3n) is 2.29. The summed E-state index contributed by atoms with van der Waals surface area (Å²) in [6.45, 7) is 4.24. The molecule has 0 radical (unpaired) electrons.